The number of amides is 1. The van der Waals surface area contributed by atoms with E-state index in [1.54, 1.807) is 48.5 Å². The maximum Gasteiger partial charge on any atom is 0.419 e. The summed E-state index contributed by atoms with van der Waals surface area (Å²) in [6.07, 6.45) is -0.524. The zero-order valence-corrected chi connectivity index (χ0v) is 19.8. The van der Waals surface area contributed by atoms with Crippen LogP contribution in [0.5, 0.6) is 11.8 Å². The van der Waals surface area contributed by atoms with Gasteiger partial charge in [-0.15, -0.1) is 0 Å². The number of hydrogen-bond acceptors (Lipinski definition) is 7. The fourth-order valence-electron chi connectivity index (χ4n) is 4.22. The molecule has 0 saturated carbocycles. The Labute approximate surface area is 210 Å². The van der Waals surface area contributed by atoms with Crippen LogP contribution in [0, 0.1) is 5.82 Å². The molecule has 36 heavy (non-hydrogen) atoms. The summed E-state index contributed by atoms with van der Waals surface area (Å²) in [5.41, 5.74) is 2.91. The summed E-state index contributed by atoms with van der Waals surface area (Å²) >= 11 is 6.31. The van der Waals surface area contributed by atoms with E-state index in [2.05, 4.69) is 9.72 Å². The van der Waals surface area contributed by atoms with Gasteiger partial charge in [0.1, 0.15) is 17.1 Å². The SMILES string of the molecule is COC(=O)COc1ccc(Cl)cc1[C@@H]1c2ccc(F)cc2CCN1C(=O)Oc1nc2ccccc2o1. The monoisotopic (exact) mass is 510 g/mol. The second-order valence-electron chi connectivity index (χ2n) is 8.05. The highest BCUT2D eigenvalue weighted by Crippen LogP contribution is 2.41. The van der Waals surface area contributed by atoms with Gasteiger partial charge in [-0.25, -0.2) is 14.0 Å². The van der Waals surface area contributed by atoms with E-state index < -0.39 is 18.1 Å². The molecule has 0 aliphatic carbocycles. The van der Waals surface area contributed by atoms with Crippen molar-refractivity contribution < 1.29 is 32.6 Å². The largest absolute Gasteiger partial charge is 0.482 e. The number of carbonyl (C=O) groups excluding carboxylic acids is 2. The molecule has 0 fully saturated rings. The lowest BCUT2D eigenvalue weighted by molar-refractivity contribution is -0.142. The summed E-state index contributed by atoms with van der Waals surface area (Å²) in [6, 6.07) is 15.5. The first kappa shape index (κ1) is 23.6. The number of benzene rings is 3. The van der Waals surface area contributed by atoms with Crippen LogP contribution in [-0.2, 0) is 16.0 Å². The smallest absolute Gasteiger partial charge is 0.419 e. The van der Waals surface area contributed by atoms with Crippen LogP contribution in [0.1, 0.15) is 22.7 Å². The van der Waals surface area contributed by atoms with Gasteiger partial charge in [-0.2, -0.15) is 4.98 Å². The molecule has 1 atom stereocenters. The quantitative estimate of drug-likeness (QED) is 0.336. The number of methoxy groups -OCH3 is 1. The van der Waals surface area contributed by atoms with Crippen molar-refractivity contribution in [2.45, 2.75) is 12.5 Å². The lowest BCUT2D eigenvalue weighted by Crippen LogP contribution is -2.42. The second kappa shape index (κ2) is 9.87. The molecule has 0 unspecified atom stereocenters. The molecule has 5 rings (SSSR count). The van der Waals surface area contributed by atoms with Gasteiger partial charge in [0.05, 0.1) is 13.2 Å². The van der Waals surface area contributed by atoms with Gasteiger partial charge >= 0.3 is 18.1 Å². The minimum Gasteiger partial charge on any atom is -0.482 e. The molecule has 1 aliphatic heterocycles. The van der Waals surface area contributed by atoms with E-state index >= 15 is 0 Å². The van der Waals surface area contributed by atoms with Crippen LogP contribution in [0.4, 0.5) is 9.18 Å². The van der Waals surface area contributed by atoms with Gasteiger partial charge in [0.15, 0.2) is 12.2 Å². The lowest BCUT2D eigenvalue weighted by atomic mass is 9.88. The van der Waals surface area contributed by atoms with Crippen molar-refractivity contribution in [2.75, 3.05) is 20.3 Å². The fourth-order valence-corrected chi connectivity index (χ4v) is 4.40. The summed E-state index contributed by atoms with van der Waals surface area (Å²) in [5.74, 6) is -0.649. The van der Waals surface area contributed by atoms with Crippen LogP contribution >= 0.6 is 11.6 Å². The molecule has 8 nitrogen and oxygen atoms in total. The number of para-hydroxylation sites is 2. The van der Waals surface area contributed by atoms with Crippen molar-refractivity contribution in [3.8, 4) is 11.8 Å². The Balaban J connectivity index is 1.54. The van der Waals surface area contributed by atoms with Gasteiger partial charge in [0, 0.05) is 17.1 Å². The van der Waals surface area contributed by atoms with Gasteiger partial charge in [-0.3, -0.25) is 4.90 Å². The summed E-state index contributed by atoms with van der Waals surface area (Å²) in [6.45, 7) is -0.134. The number of oxazole rings is 1. The summed E-state index contributed by atoms with van der Waals surface area (Å²) in [5, 5.41) is 0.386. The van der Waals surface area contributed by atoms with E-state index in [4.69, 9.17) is 25.5 Å². The van der Waals surface area contributed by atoms with Crippen LogP contribution in [0.15, 0.2) is 65.1 Å². The number of fused-ring (bicyclic) bond motifs is 2. The topological polar surface area (TPSA) is 91.1 Å². The number of hydrogen-bond donors (Lipinski definition) is 0. The highest BCUT2D eigenvalue weighted by Gasteiger charge is 2.36. The first-order valence-corrected chi connectivity index (χ1v) is 11.4. The third-order valence-electron chi connectivity index (χ3n) is 5.86. The Morgan fingerprint density at radius 2 is 1.97 bits per heavy atom. The molecule has 184 valence electrons. The van der Waals surface area contributed by atoms with Crippen molar-refractivity contribution in [3.05, 3.63) is 88.2 Å². The molecule has 0 saturated heterocycles. The van der Waals surface area contributed by atoms with Crippen molar-refractivity contribution in [1.82, 2.24) is 9.88 Å². The Morgan fingerprint density at radius 1 is 1.14 bits per heavy atom. The van der Waals surface area contributed by atoms with Crippen molar-refractivity contribution in [1.29, 1.82) is 0 Å². The highest BCUT2D eigenvalue weighted by molar-refractivity contribution is 6.30. The average molecular weight is 511 g/mol. The van der Waals surface area contributed by atoms with Crippen LogP contribution < -0.4 is 9.47 Å². The number of carbonyl (C=O) groups is 2. The molecular weight excluding hydrogens is 491 g/mol. The lowest BCUT2D eigenvalue weighted by Gasteiger charge is -2.37. The zero-order valence-electron chi connectivity index (χ0n) is 19.1. The number of rotatable bonds is 5. The molecule has 1 aliphatic rings. The van der Waals surface area contributed by atoms with Crippen LogP contribution in [0.25, 0.3) is 11.1 Å². The molecule has 4 aromatic rings. The maximum absolute atomic E-state index is 14.0. The molecule has 0 N–H and O–H groups in total. The van der Waals surface area contributed by atoms with Crippen molar-refractivity contribution in [3.63, 3.8) is 0 Å². The van der Waals surface area contributed by atoms with Gasteiger partial charge < -0.3 is 18.6 Å². The normalized spacial score (nSPS) is 14.9. The van der Waals surface area contributed by atoms with Gasteiger partial charge in [0.2, 0.25) is 0 Å². The summed E-state index contributed by atoms with van der Waals surface area (Å²) in [4.78, 5) is 30.8. The molecule has 0 spiro atoms. The Hall–Kier alpha value is -4.11. The molecule has 2 heterocycles. The number of esters is 1. The average Bonchev–Trinajstić information content (AvgIpc) is 3.29. The Kier molecular flexibility index (Phi) is 6.47. The third kappa shape index (κ3) is 4.70. The number of nitrogens with zero attached hydrogens (tertiary/aromatic N) is 2. The Morgan fingerprint density at radius 3 is 2.78 bits per heavy atom. The van der Waals surface area contributed by atoms with E-state index in [1.165, 1.54) is 24.1 Å². The molecule has 1 amide bonds. The van der Waals surface area contributed by atoms with Gasteiger partial charge in [-0.1, -0.05) is 29.8 Å². The first-order chi connectivity index (χ1) is 17.4. The predicted molar refractivity (Wildman–Crippen MR) is 128 cm³/mol. The van der Waals surface area contributed by atoms with E-state index in [1.807, 2.05) is 0 Å². The maximum atomic E-state index is 14.0. The molecule has 10 heteroatoms. The zero-order chi connectivity index (χ0) is 25.2. The standard InChI is InChI=1S/C26H20ClFN2O6/c1-33-23(31)14-34-21-9-6-16(27)13-19(21)24-18-8-7-17(28)12-15(18)10-11-30(24)26(32)36-25-29-20-4-2-3-5-22(20)35-25/h2-9,12-13,24H,10-11,14H2,1H3/t24-/m0/s1. The van der Waals surface area contributed by atoms with E-state index in [0.29, 0.717) is 39.4 Å². The van der Waals surface area contributed by atoms with Crippen molar-refractivity contribution in [2.24, 2.45) is 0 Å². The van der Waals surface area contributed by atoms with Gasteiger partial charge in [0.25, 0.3) is 0 Å². The van der Waals surface area contributed by atoms with Gasteiger partial charge in [-0.05, 0) is 60.0 Å². The predicted octanol–water partition coefficient (Wildman–Crippen LogP) is 5.32. The molecular formula is C26H20ClFN2O6. The summed E-state index contributed by atoms with van der Waals surface area (Å²) in [7, 11) is 1.25. The molecule has 0 radical (unpaired) electrons. The first-order valence-electron chi connectivity index (χ1n) is 11.0. The van der Waals surface area contributed by atoms with E-state index in [0.717, 1.165) is 5.56 Å². The van der Waals surface area contributed by atoms with Crippen LogP contribution in [0.3, 0.4) is 0 Å². The molecule has 1 aromatic heterocycles. The van der Waals surface area contributed by atoms with Crippen molar-refractivity contribution >= 4 is 34.8 Å². The third-order valence-corrected chi connectivity index (χ3v) is 6.09. The minimum absolute atomic E-state index is 0.196. The van der Waals surface area contributed by atoms with E-state index in [-0.39, 0.29) is 25.0 Å². The van der Waals surface area contributed by atoms with Crippen LogP contribution in [0.2, 0.25) is 5.02 Å². The molecule has 3 aromatic carbocycles. The van der Waals surface area contributed by atoms with Crippen LogP contribution in [-0.4, -0.2) is 42.2 Å². The summed E-state index contributed by atoms with van der Waals surface area (Å²) < 4.78 is 35.5. The minimum atomic E-state index is -0.752. The Bertz CT molecular complexity index is 1420. The number of aromatic nitrogens is 1. The highest BCUT2D eigenvalue weighted by atomic mass is 35.5. The second-order valence-corrected chi connectivity index (χ2v) is 8.49. The number of ether oxygens (including phenoxy) is 3. The fraction of sp³-hybridized carbons (Fsp3) is 0.192. The molecule has 0 bridgehead atoms. The number of halogens is 2. The van der Waals surface area contributed by atoms with E-state index in [9.17, 15) is 14.0 Å².